The highest BCUT2D eigenvalue weighted by Crippen LogP contribution is 2.15. The summed E-state index contributed by atoms with van der Waals surface area (Å²) in [5.41, 5.74) is 8.96. The Labute approximate surface area is 202 Å². The fraction of sp³-hybridized carbons (Fsp3) is 0.385. The van der Waals surface area contributed by atoms with Crippen molar-refractivity contribution in [2.75, 3.05) is 36.0 Å². The van der Waals surface area contributed by atoms with Crippen molar-refractivity contribution >= 4 is 35.6 Å². The maximum Gasteiger partial charge on any atom is 0.240 e. The van der Waals surface area contributed by atoms with Crippen molar-refractivity contribution in [3.05, 3.63) is 59.7 Å². The van der Waals surface area contributed by atoms with Crippen LogP contribution in [0.15, 0.2) is 58.7 Å². The van der Waals surface area contributed by atoms with Gasteiger partial charge >= 0.3 is 0 Å². The maximum atomic E-state index is 11.9. The summed E-state index contributed by atoms with van der Waals surface area (Å²) in [7, 11) is 0. The zero-order valence-electron chi connectivity index (χ0n) is 20.6. The molecule has 0 aromatic heterocycles. The molecule has 0 unspecified atom stereocenters. The first-order chi connectivity index (χ1) is 16.5. The number of hydrazone groups is 2. The van der Waals surface area contributed by atoms with Crippen molar-refractivity contribution in [2.45, 2.75) is 40.5 Å². The molecule has 2 N–H and O–H groups in total. The van der Waals surface area contributed by atoms with E-state index in [-0.39, 0.29) is 24.7 Å². The number of anilines is 2. The third-order valence-electron chi connectivity index (χ3n) is 5.43. The number of amides is 2. The van der Waals surface area contributed by atoms with Crippen LogP contribution >= 0.6 is 0 Å². The molecule has 8 nitrogen and oxygen atoms in total. The zero-order valence-corrected chi connectivity index (χ0v) is 20.6. The molecule has 0 heterocycles. The molecule has 0 fully saturated rings. The van der Waals surface area contributed by atoms with Crippen LogP contribution in [-0.2, 0) is 9.59 Å². The van der Waals surface area contributed by atoms with Gasteiger partial charge in [0, 0.05) is 50.4 Å². The van der Waals surface area contributed by atoms with Crippen LogP contribution in [0.3, 0.4) is 0 Å². The van der Waals surface area contributed by atoms with Gasteiger partial charge in [-0.3, -0.25) is 9.59 Å². The monoisotopic (exact) mass is 464 g/mol. The van der Waals surface area contributed by atoms with Crippen molar-refractivity contribution in [1.82, 2.24) is 10.9 Å². The van der Waals surface area contributed by atoms with E-state index < -0.39 is 0 Å². The standard InChI is InChI=1S/C26H36N6O2/c1-5-31(6-2)23-13-9-21(10-14-23)19-27-29-25(33)17-18-26(34)30-28-20-22-11-15-24(16-12-22)32(7-3)8-4/h9-16,19-20H,5-8,17-18H2,1-4H3,(H,29,33)(H,30,34). The van der Waals surface area contributed by atoms with Gasteiger partial charge in [-0.25, -0.2) is 10.9 Å². The van der Waals surface area contributed by atoms with Crippen molar-refractivity contribution in [1.29, 1.82) is 0 Å². The van der Waals surface area contributed by atoms with Crippen LogP contribution in [0.1, 0.15) is 51.7 Å². The van der Waals surface area contributed by atoms with Gasteiger partial charge in [0.05, 0.1) is 12.4 Å². The lowest BCUT2D eigenvalue weighted by Crippen LogP contribution is -2.23. The molecule has 0 aliphatic heterocycles. The number of carbonyl (C=O) groups is 2. The summed E-state index contributed by atoms with van der Waals surface area (Å²) in [4.78, 5) is 28.4. The Balaban J connectivity index is 1.71. The van der Waals surface area contributed by atoms with E-state index in [1.165, 1.54) is 0 Å². The van der Waals surface area contributed by atoms with Gasteiger partial charge in [-0.05, 0) is 63.1 Å². The Bertz CT molecular complexity index is 867. The van der Waals surface area contributed by atoms with Gasteiger partial charge in [0.2, 0.25) is 11.8 Å². The lowest BCUT2D eigenvalue weighted by Gasteiger charge is -2.20. The quantitative estimate of drug-likeness (QED) is 0.349. The summed E-state index contributed by atoms with van der Waals surface area (Å²) in [5.74, 6) is -0.663. The highest BCUT2D eigenvalue weighted by Gasteiger charge is 2.06. The number of benzene rings is 2. The minimum atomic E-state index is -0.331. The van der Waals surface area contributed by atoms with E-state index in [1.807, 2.05) is 48.5 Å². The number of carbonyl (C=O) groups excluding carboxylic acids is 2. The number of hydrogen-bond donors (Lipinski definition) is 2. The third kappa shape index (κ3) is 8.69. The lowest BCUT2D eigenvalue weighted by atomic mass is 10.2. The normalized spacial score (nSPS) is 11.1. The molecule has 2 aromatic rings. The number of nitrogens with one attached hydrogen (secondary N) is 2. The van der Waals surface area contributed by atoms with Crippen LogP contribution in [0.25, 0.3) is 0 Å². The van der Waals surface area contributed by atoms with Crippen LogP contribution in [0, 0.1) is 0 Å². The molecular formula is C26H36N6O2. The molecule has 2 rings (SSSR count). The summed E-state index contributed by atoms with van der Waals surface area (Å²) in [6.45, 7) is 12.3. The molecule has 0 radical (unpaired) electrons. The molecule has 8 heteroatoms. The first kappa shape index (κ1) is 26.6. The van der Waals surface area contributed by atoms with Crippen LogP contribution in [0.2, 0.25) is 0 Å². The predicted molar refractivity (Wildman–Crippen MR) is 141 cm³/mol. The van der Waals surface area contributed by atoms with E-state index in [0.717, 1.165) is 48.7 Å². The molecule has 2 amide bonds. The van der Waals surface area contributed by atoms with Crippen molar-refractivity contribution < 1.29 is 9.59 Å². The molecule has 0 bridgehead atoms. The molecule has 182 valence electrons. The summed E-state index contributed by atoms with van der Waals surface area (Å²) in [5, 5.41) is 7.93. The topological polar surface area (TPSA) is 89.4 Å². The first-order valence-electron chi connectivity index (χ1n) is 11.8. The van der Waals surface area contributed by atoms with Crippen LogP contribution < -0.4 is 20.7 Å². The molecule has 2 aromatic carbocycles. The van der Waals surface area contributed by atoms with Crippen molar-refractivity contribution in [3.8, 4) is 0 Å². The lowest BCUT2D eigenvalue weighted by molar-refractivity contribution is -0.126. The largest absolute Gasteiger partial charge is 0.372 e. The second kappa shape index (κ2) is 14.5. The second-order valence-corrected chi connectivity index (χ2v) is 7.61. The van der Waals surface area contributed by atoms with Gasteiger partial charge in [0.1, 0.15) is 0 Å². The SMILES string of the molecule is CCN(CC)c1ccc(C=NNC(=O)CCC(=O)NN=Cc2ccc(N(CC)CC)cc2)cc1. The van der Waals surface area contributed by atoms with Gasteiger partial charge in [-0.15, -0.1) is 0 Å². The fourth-order valence-corrected chi connectivity index (χ4v) is 3.42. The molecule has 0 spiro atoms. The summed E-state index contributed by atoms with van der Waals surface area (Å²) in [6, 6.07) is 15.9. The van der Waals surface area contributed by atoms with Crippen LogP contribution in [0.4, 0.5) is 11.4 Å². The average molecular weight is 465 g/mol. The third-order valence-corrected chi connectivity index (χ3v) is 5.43. The van der Waals surface area contributed by atoms with E-state index in [0.29, 0.717) is 0 Å². The van der Waals surface area contributed by atoms with Gasteiger partial charge in [-0.2, -0.15) is 10.2 Å². The van der Waals surface area contributed by atoms with Crippen molar-refractivity contribution in [2.24, 2.45) is 10.2 Å². The Kier molecular flexibility index (Phi) is 11.3. The zero-order chi connectivity index (χ0) is 24.8. The van der Waals surface area contributed by atoms with Crippen molar-refractivity contribution in [3.63, 3.8) is 0 Å². The molecule has 0 saturated heterocycles. The molecule has 0 atom stereocenters. The first-order valence-corrected chi connectivity index (χ1v) is 11.8. The number of rotatable bonds is 13. The van der Waals surface area contributed by atoms with Crippen LogP contribution in [0.5, 0.6) is 0 Å². The minimum Gasteiger partial charge on any atom is -0.372 e. The van der Waals surface area contributed by atoms with Gasteiger partial charge in [0.15, 0.2) is 0 Å². The van der Waals surface area contributed by atoms with E-state index in [1.54, 1.807) is 12.4 Å². The van der Waals surface area contributed by atoms with Crippen LogP contribution in [-0.4, -0.2) is 50.4 Å². The Hall–Kier alpha value is -3.68. The fourth-order valence-electron chi connectivity index (χ4n) is 3.42. The smallest absolute Gasteiger partial charge is 0.240 e. The molecule has 34 heavy (non-hydrogen) atoms. The molecule has 0 aliphatic carbocycles. The average Bonchev–Trinajstić information content (AvgIpc) is 2.86. The van der Waals surface area contributed by atoms with E-state index >= 15 is 0 Å². The van der Waals surface area contributed by atoms with Gasteiger partial charge < -0.3 is 9.80 Å². The highest BCUT2D eigenvalue weighted by atomic mass is 16.2. The number of nitrogens with zero attached hydrogens (tertiary/aromatic N) is 4. The molecule has 0 saturated carbocycles. The summed E-state index contributed by atoms with van der Waals surface area (Å²) >= 11 is 0. The van der Waals surface area contributed by atoms with Gasteiger partial charge in [-0.1, -0.05) is 24.3 Å². The Morgan fingerprint density at radius 3 is 1.26 bits per heavy atom. The summed E-state index contributed by atoms with van der Waals surface area (Å²) in [6.07, 6.45) is 3.22. The highest BCUT2D eigenvalue weighted by molar-refractivity contribution is 5.86. The molecule has 0 aliphatic rings. The predicted octanol–water partition coefficient (Wildman–Crippen LogP) is 3.76. The Morgan fingerprint density at radius 2 is 0.971 bits per heavy atom. The van der Waals surface area contributed by atoms with E-state index in [9.17, 15) is 9.59 Å². The Morgan fingerprint density at radius 1 is 0.647 bits per heavy atom. The second-order valence-electron chi connectivity index (χ2n) is 7.61. The van der Waals surface area contributed by atoms with E-state index in [4.69, 9.17) is 0 Å². The maximum absolute atomic E-state index is 11.9. The summed E-state index contributed by atoms with van der Waals surface area (Å²) < 4.78 is 0. The van der Waals surface area contributed by atoms with E-state index in [2.05, 4.69) is 58.5 Å². The molecular weight excluding hydrogens is 428 g/mol. The number of hydrogen-bond acceptors (Lipinski definition) is 6. The minimum absolute atomic E-state index is 0.0260. The van der Waals surface area contributed by atoms with Gasteiger partial charge in [0.25, 0.3) is 0 Å².